The Kier molecular flexibility index (Phi) is 7.91. The van der Waals surface area contributed by atoms with Crippen molar-refractivity contribution in [2.75, 3.05) is 33.4 Å². The number of hydrogen-bond donors (Lipinski definition) is 1. The van der Waals surface area contributed by atoms with Gasteiger partial charge in [-0.2, -0.15) is 0 Å². The molecular formula is C19H27N5O6. The summed E-state index contributed by atoms with van der Waals surface area (Å²) >= 11 is 0. The monoisotopic (exact) mass is 421 g/mol. The van der Waals surface area contributed by atoms with Crippen LogP contribution in [0, 0.1) is 5.92 Å². The van der Waals surface area contributed by atoms with Crippen LogP contribution < -0.4 is 0 Å². The maximum absolute atomic E-state index is 12.4. The van der Waals surface area contributed by atoms with Crippen LogP contribution in [0.15, 0.2) is 16.9 Å². The van der Waals surface area contributed by atoms with Crippen molar-refractivity contribution in [1.82, 2.24) is 24.9 Å². The molecule has 0 radical (unpaired) electrons. The lowest BCUT2D eigenvalue weighted by Gasteiger charge is -2.32. The lowest BCUT2D eigenvalue weighted by Crippen LogP contribution is -2.40. The first-order valence-electron chi connectivity index (χ1n) is 9.96. The Morgan fingerprint density at radius 1 is 1.37 bits per heavy atom. The molecule has 2 aromatic heterocycles. The molecule has 3 heterocycles. The highest BCUT2D eigenvalue weighted by molar-refractivity contribution is 5.84. The SMILES string of the molecule is COCCC1CCCN(C(=O)CCOCc2cn(Cc3nc(C(=O)O)co3)nn2)C1. The Morgan fingerprint density at radius 3 is 3.00 bits per heavy atom. The van der Waals surface area contributed by atoms with Crippen LogP contribution >= 0.6 is 0 Å². The van der Waals surface area contributed by atoms with Crippen LogP contribution in [-0.4, -0.2) is 75.3 Å². The number of likely N-dealkylation sites (tertiary alicyclic amines) is 1. The summed E-state index contributed by atoms with van der Waals surface area (Å²) in [5.74, 6) is -0.310. The quantitative estimate of drug-likeness (QED) is 0.531. The summed E-state index contributed by atoms with van der Waals surface area (Å²) < 4.78 is 17.3. The van der Waals surface area contributed by atoms with E-state index in [1.165, 1.54) is 4.68 Å². The number of piperidine rings is 1. The lowest BCUT2D eigenvalue weighted by molar-refractivity contribution is -0.134. The van der Waals surface area contributed by atoms with Crippen LogP contribution in [0.25, 0.3) is 0 Å². The van der Waals surface area contributed by atoms with Crippen molar-refractivity contribution >= 4 is 11.9 Å². The van der Waals surface area contributed by atoms with Crippen LogP contribution in [0.5, 0.6) is 0 Å². The zero-order valence-electron chi connectivity index (χ0n) is 17.0. The number of hydrogen-bond acceptors (Lipinski definition) is 8. The minimum Gasteiger partial charge on any atom is -0.476 e. The summed E-state index contributed by atoms with van der Waals surface area (Å²) in [7, 11) is 1.70. The first kappa shape index (κ1) is 21.9. The fraction of sp³-hybridized carbons (Fsp3) is 0.632. The number of carboxylic acids is 1. The summed E-state index contributed by atoms with van der Waals surface area (Å²) in [5, 5.41) is 16.8. The number of nitrogens with zero attached hydrogens (tertiary/aromatic N) is 5. The molecule has 0 saturated carbocycles. The van der Waals surface area contributed by atoms with Crippen LogP contribution in [0.1, 0.15) is 47.8 Å². The Balaban J connectivity index is 1.36. The molecule has 3 rings (SSSR count). The zero-order valence-corrected chi connectivity index (χ0v) is 17.0. The van der Waals surface area contributed by atoms with E-state index in [2.05, 4.69) is 15.3 Å². The van der Waals surface area contributed by atoms with Gasteiger partial charge >= 0.3 is 5.97 Å². The average Bonchev–Trinajstić information content (AvgIpc) is 3.40. The number of carbonyl (C=O) groups excluding carboxylic acids is 1. The number of aromatic carboxylic acids is 1. The summed E-state index contributed by atoms with van der Waals surface area (Å²) in [5.41, 5.74) is 0.446. The van der Waals surface area contributed by atoms with Gasteiger partial charge in [-0.25, -0.2) is 14.5 Å². The predicted octanol–water partition coefficient (Wildman–Crippen LogP) is 1.19. The number of oxazole rings is 1. The van der Waals surface area contributed by atoms with Crippen molar-refractivity contribution in [1.29, 1.82) is 0 Å². The molecule has 11 heteroatoms. The van der Waals surface area contributed by atoms with E-state index in [4.69, 9.17) is 19.0 Å². The van der Waals surface area contributed by atoms with E-state index in [-0.39, 0.29) is 30.6 Å². The Labute approximate surface area is 174 Å². The molecular weight excluding hydrogens is 394 g/mol. The summed E-state index contributed by atoms with van der Waals surface area (Å²) in [6.45, 7) is 3.04. The highest BCUT2D eigenvalue weighted by Crippen LogP contribution is 2.20. The number of rotatable bonds is 11. The maximum atomic E-state index is 12.4. The van der Waals surface area contributed by atoms with Crippen LogP contribution in [0.3, 0.4) is 0 Å². The Bertz CT molecular complexity index is 835. The number of amides is 1. The molecule has 0 spiro atoms. The topological polar surface area (TPSA) is 133 Å². The standard InChI is InChI=1S/C19H27N5O6/c1-28-7-4-14-3-2-6-23(9-14)18(25)5-8-29-12-15-10-24(22-21-15)11-17-20-16(13-30-17)19(26)27/h10,13-14H,2-9,11-12H2,1H3,(H,26,27). The third-order valence-electron chi connectivity index (χ3n) is 4.97. The van der Waals surface area contributed by atoms with Gasteiger partial charge in [-0.3, -0.25) is 4.79 Å². The molecule has 1 atom stereocenters. The highest BCUT2D eigenvalue weighted by atomic mass is 16.5. The summed E-state index contributed by atoms with van der Waals surface area (Å²) in [6.07, 6.45) is 6.24. The van der Waals surface area contributed by atoms with Gasteiger partial charge in [-0.15, -0.1) is 5.10 Å². The van der Waals surface area contributed by atoms with Crippen LogP contribution in [-0.2, 0) is 27.4 Å². The molecule has 1 saturated heterocycles. The van der Waals surface area contributed by atoms with E-state index in [9.17, 15) is 9.59 Å². The minimum atomic E-state index is -1.15. The van der Waals surface area contributed by atoms with Crippen molar-refractivity contribution in [2.45, 2.75) is 38.8 Å². The van der Waals surface area contributed by atoms with Gasteiger partial charge in [0.2, 0.25) is 11.8 Å². The van der Waals surface area contributed by atoms with Gasteiger partial charge in [0.15, 0.2) is 5.69 Å². The Morgan fingerprint density at radius 2 is 2.23 bits per heavy atom. The van der Waals surface area contributed by atoms with E-state index < -0.39 is 5.97 Å². The Hall–Kier alpha value is -2.79. The number of carbonyl (C=O) groups is 2. The normalized spacial score (nSPS) is 16.7. The fourth-order valence-electron chi connectivity index (χ4n) is 3.41. The van der Waals surface area contributed by atoms with Crippen molar-refractivity contribution in [3.8, 4) is 0 Å². The molecule has 0 aliphatic carbocycles. The first-order valence-corrected chi connectivity index (χ1v) is 9.96. The third kappa shape index (κ3) is 6.36. The summed E-state index contributed by atoms with van der Waals surface area (Å²) in [4.78, 5) is 29.0. The molecule has 0 bridgehead atoms. The molecule has 1 fully saturated rings. The molecule has 0 aromatic carbocycles. The highest BCUT2D eigenvalue weighted by Gasteiger charge is 2.23. The van der Waals surface area contributed by atoms with Gasteiger partial charge < -0.3 is 23.9 Å². The molecule has 2 aromatic rings. The van der Waals surface area contributed by atoms with Gasteiger partial charge in [0.1, 0.15) is 18.5 Å². The molecule has 1 aliphatic rings. The second kappa shape index (κ2) is 10.8. The number of ether oxygens (including phenoxy) is 2. The van der Waals surface area contributed by atoms with Gasteiger partial charge in [0.05, 0.1) is 25.8 Å². The molecule has 1 amide bonds. The predicted molar refractivity (Wildman–Crippen MR) is 103 cm³/mol. The maximum Gasteiger partial charge on any atom is 0.357 e. The van der Waals surface area contributed by atoms with Crippen molar-refractivity contribution < 1.29 is 28.6 Å². The number of aromatic nitrogens is 4. The molecule has 1 unspecified atom stereocenters. The van der Waals surface area contributed by atoms with E-state index >= 15 is 0 Å². The fourth-order valence-corrected chi connectivity index (χ4v) is 3.41. The van der Waals surface area contributed by atoms with E-state index in [0.717, 1.165) is 45.2 Å². The van der Waals surface area contributed by atoms with Gasteiger partial charge in [-0.1, -0.05) is 5.21 Å². The van der Waals surface area contributed by atoms with Crippen molar-refractivity contribution in [3.05, 3.63) is 29.7 Å². The lowest BCUT2D eigenvalue weighted by atomic mass is 9.95. The van der Waals surface area contributed by atoms with Crippen molar-refractivity contribution in [2.24, 2.45) is 5.92 Å². The number of methoxy groups -OCH3 is 1. The van der Waals surface area contributed by atoms with Gasteiger partial charge in [0, 0.05) is 26.8 Å². The van der Waals surface area contributed by atoms with E-state index in [1.54, 1.807) is 13.3 Å². The van der Waals surface area contributed by atoms with Gasteiger partial charge in [-0.05, 0) is 25.2 Å². The van der Waals surface area contributed by atoms with E-state index in [0.29, 0.717) is 24.6 Å². The van der Waals surface area contributed by atoms with Crippen LogP contribution in [0.2, 0.25) is 0 Å². The summed E-state index contributed by atoms with van der Waals surface area (Å²) in [6, 6.07) is 0. The zero-order chi connectivity index (χ0) is 21.3. The molecule has 11 nitrogen and oxygen atoms in total. The third-order valence-corrected chi connectivity index (χ3v) is 4.97. The molecule has 164 valence electrons. The smallest absolute Gasteiger partial charge is 0.357 e. The number of carboxylic acid groups (broad SMARTS) is 1. The molecule has 1 N–H and O–H groups in total. The van der Waals surface area contributed by atoms with E-state index in [1.807, 2.05) is 4.90 Å². The van der Waals surface area contributed by atoms with Crippen LogP contribution in [0.4, 0.5) is 0 Å². The second-order valence-corrected chi connectivity index (χ2v) is 7.27. The van der Waals surface area contributed by atoms with Gasteiger partial charge in [0.25, 0.3) is 0 Å². The molecule has 1 aliphatic heterocycles. The average molecular weight is 421 g/mol. The van der Waals surface area contributed by atoms with Crippen molar-refractivity contribution in [3.63, 3.8) is 0 Å². The minimum absolute atomic E-state index is 0.110. The first-order chi connectivity index (χ1) is 14.5. The molecule has 30 heavy (non-hydrogen) atoms. The largest absolute Gasteiger partial charge is 0.476 e. The second-order valence-electron chi connectivity index (χ2n) is 7.27.